The minimum Gasteiger partial charge on any atom is -0.508 e. The summed E-state index contributed by atoms with van der Waals surface area (Å²) in [6.45, 7) is 9.29. The van der Waals surface area contributed by atoms with Gasteiger partial charge in [-0.05, 0) is 73.4 Å². The third kappa shape index (κ3) is 11.4. The number of esters is 2. The van der Waals surface area contributed by atoms with Gasteiger partial charge in [-0.25, -0.2) is 9.59 Å². The van der Waals surface area contributed by atoms with Crippen LogP contribution in [0.1, 0.15) is 102 Å². The molecule has 312 valence electrons. The SMILES string of the molecule is CC.CC(=O)/C(=C/c1cccc(O)c1)C(=O)OC1CCOCC1.COc1ccccc1C1CC(=O)c2c(nc(C)c(C(=O)OC3CCOCC3)c2-c2cccc(O)c2)C1. The van der Waals surface area contributed by atoms with Crippen molar-refractivity contribution in [3.63, 3.8) is 0 Å². The highest BCUT2D eigenvalue weighted by molar-refractivity contribution is 6.19. The lowest BCUT2D eigenvalue weighted by atomic mass is 9.77. The molecule has 2 fully saturated rings. The second kappa shape index (κ2) is 21.2. The van der Waals surface area contributed by atoms with Crippen molar-refractivity contribution in [1.82, 2.24) is 4.98 Å². The zero-order chi connectivity index (χ0) is 42.5. The number of pyridine rings is 1. The molecule has 4 aromatic rings. The van der Waals surface area contributed by atoms with Crippen LogP contribution in [0.2, 0.25) is 0 Å². The van der Waals surface area contributed by atoms with Gasteiger partial charge in [0.1, 0.15) is 35.0 Å². The van der Waals surface area contributed by atoms with Crippen molar-refractivity contribution in [2.45, 2.75) is 84.3 Å². The first-order valence-electron chi connectivity index (χ1n) is 20.1. The number of phenolic OH excluding ortho intramolecular Hbond substituents is 2. The number of aryl methyl sites for hydroxylation is 1. The van der Waals surface area contributed by atoms with Crippen LogP contribution in [-0.4, -0.2) is 84.4 Å². The maximum absolute atomic E-state index is 13.7. The third-order valence-corrected chi connectivity index (χ3v) is 10.2. The predicted octanol–water partition coefficient (Wildman–Crippen LogP) is 8.13. The van der Waals surface area contributed by atoms with Crippen LogP contribution in [0.4, 0.5) is 0 Å². The fraction of sp³-hybridized carbons (Fsp3) is 0.383. The summed E-state index contributed by atoms with van der Waals surface area (Å²) < 4.78 is 27.3. The second-order valence-corrected chi connectivity index (χ2v) is 14.2. The van der Waals surface area contributed by atoms with Crippen molar-refractivity contribution in [1.29, 1.82) is 0 Å². The number of methoxy groups -OCH3 is 1. The molecule has 7 rings (SSSR count). The number of rotatable bonds is 9. The molecule has 2 aliphatic heterocycles. The van der Waals surface area contributed by atoms with Crippen LogP contribution in [0.15, 0.2) is 78.4 Å². The maximum Gasteiger partial charge on any atom is 0.342 e. The van der Waals surface area contributed by atoms with Crippen molar-refractivity contribution in [2.75, 3.05) is 33.5 Å². The van der Waals surface area contributed by atoms with E-state index in [2.05, 4.69) is 0 Å². The van der Waals surface area contributed by atoms with Crippen molar-refractivity contribution in [3.05, 3.63) is 112 Å². The molecule has 0 bridgehead atoms. The number of carbonyl (C=O) groups excluding carboxylic acids is 4. The lowest BCUT2D eigenvalue weighted by Gasteiger charge is -2.28. The number of aromatic hydroxyl groups is 2. The molecule has 2 N–H and O–H groups in total. The minimum atomic E-state index is -0.627. The number of para-hydroxylation sites is 1. The summed E-state index contributed by atoms with van der Waals surface area (Å²) in [5.41, 5.74) is 4.41. The van der Waals surface area contributed by atoms with Crippen LogP contribution in [0.3, 0.4) is 0 Å². The van der Waals surface area contributed by atoms with Crippen LogP contribution in [-0.2, 0) is 35.0 Å². The summed E-state index contributed by atoms with van der Waals surface area (Å²) in [5.74, 6) is -0.830. The number of fused-ring (bicyclic) bond motifs is 1. The third-order valence-electron chi connectivity index (χ3n) is 10.2. The van der Waals surface area contributed by atoms with Gasteiger partial charge in [-0.1, -0.05) is 56.3 Å². The van der Waals surface area contributed by atoms with E-state index < -0.39 is 11.9 Å². The Labute approximate surface area is 345 Å². The van der Waals surface area contributed by atoms with Crippen molar-refractivity contribution in [2.24, 2.45) is 0 Å². The molecule has 0 amide bonds. The lowest BCUT2D eigenvalue weighted by molar-refractivity contribution is -0.149. The maximum atomic E-state index is 13.7. The molecule has 1 aromatic heterocycles. The predicted molar refractivity (Wildman–Crippen MR) is 222 cm³/mol. The molecule has 3 aromatic carbocycles. The number of phenols is 2. The van der Waals surface area contributed by atoms with E-state index in [1.807, 2.05) is 38.1 Å². The van der Waals surface area contributed by atoms with Crippen molar-refractivity contribution >= 4 is 29.6 Å². The quantitative estimate of drug-likeness (QED) is 0.0722. The van der Waals surface area contributed by atoms with Crippen LogP contribution in [0.5, 0.6) is 17.2 Å². The molecule has 2 saturated heterocycles. The number of carbonyl (C=O) groups is 4. The highest BCUT2D eigenvalue weighted by atomic mass is 16.6. The van der Waals surface area contributed by atoms with Gasteiger partial charge in [0, 0.05) is 49.1 Å². The first-order chi connectivity index (χ1) is 28.5. The van der Waals surface area contributed by atoms with Gasteiger partial charge in [-0.15, -0.1) is 0 Å². The number of Topliss-reactive ketones (excluding diaryl/α,β-unsaturated/α-hetero) is 2. The Morgan fingerprint density at radius 2 is 1.39 bits per heavy atom. The molecule has 0 spiro atoms. The minimum absolute atomic E-state index is 0.0212. The number of hydrogen-bond acceptors (Lipinski definition) is 12. The van der Waals surface area contributed by atoms with Gasteiger partial charge >= 0.3 is 11.9 Å². The molecule has 59 heavy (non-hydrogen) atoms. The Bertz CT molecular complexity index is 2150. The summed E-state index contributed by atoms with van der Waals surface area (Å²) in [5, 5.41) is 19.6. The fourth-order valence-electron chi connectivity index (χ4n) is 7.37. The van der Waals surface area contributed by atoms with Gasteiger partial charge in [-0.2, -0.15) is 0 Å². The highest BCUT2D eigenvalue weighted by Crippen LogP contribution is 2.42. The standard InChI is InChI=1S/C29H29NO6.C16H18O5.C2H6/c1-17-26(29(33)36-21-10-12-35-13-11-21)27(18-6-5-7-20(31)14-18)28-23(30-17)15-19(16-24(28)32)22-8-3-4-9-25(22)34-2;1-11(17)15(10-12-3-2-4-13(18)9-12)16(19)21-14-5-7-20-8-6-14;1-2/h3-9,14,19,21,31H,10-13,15-16H2,1-2H3;2-4,9-10,14,18H,5-8H2,1H3;1-2H3/b;15-10-;. The van der Waals surface area contributed by atoms with E-state index in [0.29, 0.717) is 92.2 Å². The topological polar surface area (TPSA) is 168 Å². The molecule has 3 heterocycles. The molecule has 12 nitrogen and oxygen atoms in total. The van der Waals surface area contributed by atoms with Crippen LogP contribution in [0, 0.1) is 6.92 Å². The van der Waals surface area contributed by atoms with Gasteiger partial charge in [-0.3, -0.25) is 14.6 Å². The van der Waals surface area contributed by atoms with Gasteiger partial charge < -0.3 is 33.9 Å². The molecule has 0 saturated carbocycles. The van der Waals surface area contributed by atoms with E-state index in [-0.39, 0.29) is 58.7 Å². The van der Waals surface area contributed by atoms with Gasteiger partial charge in [0.15, 0.2) is 11.6 Å². The Morgan fingerprint density at radius 3 is 2.00 bits per heavy atom. The molecule has 1 aliphatic carbocycles. The summed E-state index contributed by atoms with van der Waals surface area (Å²) in [4.78, 5) is 55.7. The van der Waals surface area contributed by atoms with Crippen LogP contribution >= 0.6 is 0 Å². The smallest absolute Gasteiger partial charge is 0.342 e. The van der Waals surface area contributed by atoms with E-state index in [1.165, 1.54) is 25.1 Å². The number of ketones is 2. The van der Waals surface area contributed by atoms with E-state index in [1.54, 1.807) is 50.4 Å². The summed E-state index contributed by atoms with van der Waals surface area (Å²) in [7, 11) is 1.62. The molecule has 3 aliphatic rings. The zero-order valence-electron chi connectivity index (χ0n) is 34.3. The fourth-order valence-corrected chi connectivity index (χ4v) is 7.37. The summed E-state index contributed by atoms with van der Waals surface area (Å²) >= 11 is 0. The largest absolute Gasteiger partial charge is 0.508 e. The number of aromatic nitrogens is 1. The first kappa shape index (κ1) is 44.3. The number of benzene rings is 3. The van der Waals surface area contributed by atoms with Gasteiger partial charge in [0.25, 0.3) is 0 Å². The van der Waals surface area contributed by atoms with Crippen LogP contribution < -0.4 is 4.74 Å². The number of hydrogen-bond donors (Lipinski definition) is 2. The van der Waals surface area contributed by atoms with E-state index >= 15 is 0 Å². The molecule has 1 atom stereocenters. The monoisotopic (exact) mass is 807 g/mol. The average Bonchev–Trinajstić information content (AvgIpc) is 3.23. The van der Waals surface area contributed by atoms with Crippen molar-refractivity contribution in [3.8, 4) is 28.4 Å². The summed E-state index contributed by atoms with van der Waals surface area (Å²) in [6, 6.07) is 20.7. The Balaban J connectivity index is 0.000000245. The second-order valence-electron chi connectivity index (χ2n) is 14.2. The van der Waals surface area contributed by atoms with E-state index in [0.717, 1.165) is 11.3 Å². The van der Waals surface area contributed by atoms with Gasteiger partial charge in [0.2, 0.25) is 0 Å². The molecular formula is C47H53NO11. The number of nitrogens with zero attached hydrogens (tertiary/aromatic N) is 1. The molecular weight excluding hydrogens is 755 g/mol. The Kier molecular flexibility index (Phi) is 15.9. The van der Waals surface area contributed by atoms with Gasteiger partial charge in [0.05, 0.1) is 50.5 Å². The van der Waals surface area contributed by atoms with Crippen molar-refractivity contribution < 1.29 is 53.1 Å². The Morgan fingerprint density at radius 1 is 0.780 bits per heavy atom. The zero-order valence-corrected chi connectivity index (χ0v) is 34.3. The highest BCUT2D eigenvalue weighted by Gasteiger charge is 2.35. The molecule has 0 radical (unpaired) electrons. The normalized spacial score (nSPS) is 16.9. The number of ether oxygens (including phenoxy) is 5. The lowest BCUT2D eigenvalue weighted by Crippen LogP contribution is -2.28. The van der Waals surface area contributed by atoms with E-state index in [9.17, 15) is 29.4 Å². The van der Waals surface area contributed by atoms with E-state index in [4.69, 9.17) is 28.7 Å². The Hall–Kier alpha value is -5.85. The average molecular weight is 808 g/mol. The summed E-state index contributed by atoms with van der Waals surface area (Å²) in [6.07, 6.45) is 4.31. The first-order valence-corrected chi connectivity index (χ1v) is 20.1. The molecule has 1 unspecified atom stereocenters. The van der Waals surface area contributed by atoms with Crippen LogP contribution in [0.25, 0.3) is 17.2 Å². The molecule has 12 heteroatoms.